The van der Waals surface area contributed by atoms with Crippen LogP contribution in [0.4, 0.5) is 0 Å². The maximum absolute atomic E-state index is 12.1. The largest absolute Gasteiger partial charge is 0.510 e. The zero-order chi connectivity index (χ0) is 18.4. The molecule has 0 amide bonds. The third-order valence-corrected chi connectivity index (χ3v) is 4.99. The van der Waals surface area contributed by atoms with E-state index in [0.717, 1.165) is 10.3 Å². The van der Waals surface area contributed by atoms with Gasteiger partial charge in [-0.15, -0.1) is 0 Å². The lowest BCUT2D eigenvalue weighted by Crippen LogP contribution is -2.25. The first kappa shape index (κ1) is 20.0. The summed E-state index contributed by atoms with van der Waals surface area (Å²) in [6.45, 7) is -0.00205. The van der Waals surface area contributed by atoms with Crippen molar-refractivity contribution >= 4 is 31.2 Å². The lowest BCUT2D eigenvalue weighted by Gasteiger charge is -2.09. The van der Waals surface area contributed by atoms with Gasteiger partial charge in [0.25, 0.3) is 0 Å². The SMILES string of the molecule is O=[N+](Cc1ccc(Cl)c(Cl)c1)C[C@@H](O)Cc1ccccc1C[P+](=O)O. The molecule has 2 N–H and O–H groups in total. The van der Waals surface area contributed by atoms with E-state index in [1.165, 1.54) is 0 Å². The minimum absolute atomic E-state index is 0.0303. The van der Waals surface area contributed by atoms with Crippen molar-refractivity contribution in [3.8, 4) is 0 Å². The van der Waals surface area contributed by atoms with Gasteiger partial charge in [-0.2, -0.15) is 4.89 Å². The van der Waals surface area contributed by atoms with E-state index < -0.39 is 14.1 Å². The van der Waals surface area contributed by atoms with Crippen LogP contribution in [-0.2, 0) is 23.7 Å². The molecule has 2 atom stereocenters. The van der Waals surface area contributed by atoms with Gasteiger partial charge in [0.05, 0.1) is 10.0 Å². The van der Waals surface area contributed by atoms with E-state index in [9.17, 15) is 14.6 Å². The Morgan fingerprint density at radius 2 is 1.76 bits per heavy atom. The van der Waals surface area contributed by atoms with E-state index in [0.29, 0.717) is 21.2 Å². The van der Waals surface area contributed by atoms with Gasteiger partial charge in [-0.05, 0) is 22.3 Å². The minimum atomic E-state index is -2.30. The molecular weight excluding hydrogens is 384 g/mol. The van der Waals surface area contributed by atoms with E-state index >= 15 is 0 Å². The van der Waals surface area contributed by atoms with Crippen LogP contribution >= 0.6 is 31.2 Å². The fraction of sp³-hybridized carbons (Fsp3) is 0.294. The zero-order valence-corrected chi connectivity index (χ0v) is 15.7. The average Bonchev–Trinajstić information content (AvgIpc) is 2.52. The van der Waals surface area contributed by atoms with Crippen LogP contribution in [0.1, 0.15) is 16.7 Å². The van der Waals surface area contributed by atoms with E-state index in [-0.39, 0.29) is 25.7 Å². The van der Waals surface area contributed by atoms with Crippen LogP contribution in [0.15, 0.2) is 42.5 Å². The third kappa shape index (κ3) is 6.46. The van der Waals surface area contributed by atoms with Crippen molar-refractivity contribution in [2.75, 3.05) is 6.54 Å². The van der Waals surface area contributed by atoms with Gasteiger partial charge in [0.15, 0.2) is 0 Å². The lowest BCUT2D eigenvalue weighted by molar-refractivity contribution is -0.572. The molecular formula is C17H18Cl2NO4P+2. The predicted molar refractivity (Wildman–Crippen MR) is 98.3 cm³/mol. The highest BCUT2D eigenvalue weighted by Crippen LogP contribution is 2.25. The summed E-state index contributed by atoms with van der Waals surface area (Å²) in [6.07, 6.45) is -0.625. The summed E-state index contributed by atoms with van der Waals surface area (Å²) in [5.41, 5.74) is 2.16. The van der Waals surface area contributed by atoms with Crippen molar-refractivity contribution in [2.45, 2.75) is 25.2 Å². The smallest absolute Gasteiger partial charge is 0.386 e. The lowest BCUT2D eigenvalue weighted by atomic mass is 10.0. The number of aliphatic hydroxyl groups is 1. The Labute approximate surface area is 156 Å². The highest BCUT2D eigenvalue weighted by Gasteiger charge is 2.21. The highest BCUT2D eigenvalue weighted by molar-refractivity contribution is 7.37. The molecule has 1 unspecified atom stereocenters. The number of benzene rings is 2. The van der Waals surface area contributed by atoms with Gasteiger partial charge in [-0.3, -0.25) is 0 Å². The number of hydrogen-bond donors (Lipinski definition) is 2. The molecule has 25 heavy (non-hydrogen) atoms. The Morgan fingerprint density at radius 1 is 1.08 bits per heavy atom. The monoisotopic (exact) mass is 401 g/mol. The summed E-state index contributed by atoms with van der Waals surface area (Å²) >= 11 is 11.8. The second-order valence-electron chi connectivity index (χ2n) is 5.71. The van der Waals surface area contributed by atoms with Crippen LogP contribution < -0.4 is 0 Å². The standard InChI is InChI=1S/C17H17Cl2NO4P/c18-16-6-5-12(7-17(16)19)9-20(22)10-15(21)8-13-3-1-2-4-14(13)11-25(23)24/h1-7,15,21H,8-11H2/q+1/p+1/t15-/m0/s1. The van der Waals surface area contributed by atoms with Crippen molar-refractivity contribution in [1.82, 2.24) is 0 Å². The maximum atomic E-state index is 12.1. The van der Waals surface area contributed by atoms with E-state index in [1.54, 1.807) is 42.5 Å². The van der Waals surface area contributed by atoms with Crippen LogP contribution in [0.2, 0.25) is 10.0 Å². The first-order valence-electron chi connectivity index (χ1n) is 7.59. The molecule has 0 heterocycles. The number of aliphatic hydroxyl groups excluding tert-OH is 1. The van der Waals surface area contributed by atoms with Gasteiger partial charge >= 0.3 is 8.03 Å². The molecule has 8 heteroatoms. The molecule has 0 saturated heterocycles. The van der Waals surface area contributed by atoms with E-state index in [1.807, 2.05) is 0 Å². The predicted octanol–water partition coefficient (Wildman–Crippen LogP) is 4.11. The van der Waals surface area contributed by atoms with Gasteiger partial charge in [-0.25, -0.2) is 0 Å². The molecule has 2 rings (SSSR count). The van der Waals surface area contributed by atoms with E-state index in [4.69, 9.17) is 28.1 Å². The Kier molecular flexibility index (Phi) is 7.48. The van der Waals surface area contributed by atoms with Crippen molar-refractivity contribution in [3.63, 3.8) is 0 Å². The number of rotatable bonds is 8. The molecule has 2 aromatic rings. The summed E-state index contributed by atoms with van der Waals surface area (Å²) in [7, 11) is -2.30. The van der Waals surface area contributed by atoms with Crippen LogP contribution in [-0.4, -0.2) is 27.4 Å². The second kappa shape index (κ2) is 9.37. The summed E-state index contributed by atoms with van der Waals surface area (Å²) in [5.74, 6) is 0. The minimum Gasteiger partial charge on any atom is -0.386 e. The summed E-state index contributed by atoms with van der Waals surface area (Å²) in [6, 6.07) is 12.0. The van der Waals surface area contributed by atoms with Crippen molar-refractivity contribution in [2.24, 2.45) is 0 Å². The van der Waals surface area contributed by atoms with Crippen LogP contribution in [0.5, 0.6) is 0 Å². The number of nitroso groups, excluding NO2 is 1. The van der Waals surface area contributed by atoms with Gasteiger partial charge in [-0.1, -0.05) is 53.5 Å². The van der Waals surface area contributed by atoms with Crippen LogP contribution in [0.25, 0.3) is 0 Å². The summed E-state index contributed by atoms with van der Waals surface area (Å²) in [4.78, 5) is 21.1. The van der Waals surface area contributed by atoms with Crippen LogP contribution in [0.3, 0.4) is 0 Å². The molecule has 132 valence electrons. The summed E-state index contributed by atoms with van der Waals surface area (Å²) < 4.78 is 11.8. The van der Waals surface area contributed by atoms with Gasteiger partial charge < -0.3 is 5.11 Å². The average molecular weight is 402 g/mol. The first-order chi connectivity index (χ1) is 11.8. The number of halogens is 2. The quantitative estimate of drug-likeness (QED) is 0.515. The molecule has 0 aliphatic rings. The van der Waals surface area contributed by atoms with Gasteiger partial charge in [0, 0.05) is 27.2 Å². The van der Waals surface area contributed by atoms with Crippen LogP contribution in [0, 0.1) is 4.91 Å². The van der Waals surface area contributed by atoms with Crippen molar-refractivity contribution < 1.29 is 19.3 Å². The van der Waals surface area contributed by atoms with E-state index in [2.05, 4.69) is 0 Å². The molecule has 0 aliphatic heterocycles. The van der Waals surface area contributed by atoms with Gasteiger partial charge in [0.1, 0.15) is 6.10 Å². The zero-order valence-electron chi connectivity index (χ0n) is 13.3. The molecule has 0 spiro atoms. The molecule has 0 saturated carbocycles. The number of hydrogen-bond acceptors (Lipinski definition) is 3. The molecule has 2 aromatic carbocycles. The summed E-state index contributed by atoms with van der Waals surface area (Å²) in [5, 5.41) is 11.0. The highest BCUT2D eigenvalue weighted by atomic mass is 35.5. The number of nitrogens with zero attached hydrogens (tertiary/aromatic N) is 1. The second-order valence-corrected chi connectivity index (χ2v) is 7.54. The third-order valence-electron chi connectivity index (χ3n) is 3.64. The van der Waals surface area contributed by atoms with Crippen molar-refractivity contribution in [1.29, 1.82) is 0 Å². The molecule has 0 fully saturated rings. The van der Waals surface area contributed by atoms with Crippen molar-refractivity contribution in [3.05, 3.63) is 74.1 Å². The topological polar surface area (TPSA) is 77.6 Å². The Balaban J connectivity index is 1.95. The first-order valence-corrected chi connectivity index (χ1v) is 9.75. The molecule has 0 bridgehead atoms. The normalized spacial score (nSPS) is 12.7. The van der Waals surface area contributed by atoms with Gasteiger partial charge in [0.2, 0.25) is 19.3 Å². The molecule has 0 aromatic heterocycles. The molecule has 5 nitrogen and oxygen atoms in total. The molecule has 0 aliphatic carbocycles. The Hall–Kier alpha value is -1.36. The fourth-order valence-corrected chi connectivity index (χ4v) is 3.44. The Morgan fingerprint density at radius 3 is 2.40 bits per heavy atom. The molecule has 0 radical (unpaired) electrons. The maximum Gasteiger partial charge on any atom is 0.510 e. The Bertz CT molecular complexity index is 785. The fourth-order valence-electron chi connectivity index (χ4n) is 2.52.